The summed E-state index contributed by atoms with van der Waals surface area (Å²) in [5, 5.41) is 12.0. The van der Waals surface area contributed by atoms with Gasteiger partial charge in [-0.15, -0.1) is 0 Å². The van der Waals surface area contributed by atoms with E-state index in [9.17, 15) is 19.7 Å². The third-order valence-electron chi connectivity index (χ3n) is 5.96. The molecule has 1 aromatic carbocycles. The number of nitrogens with zero attached hydrogens (tertiary/aromatic N) is 2. The number of rotatable bonds is 4. The topological polar surface area (TPSA) is 117 Å². The molecule has 9 nitrogen and oxygen atoms in total. The molecule has 0 N–H and O–H groups in total. The summed E-state index contributed by atoms with van der Waals surface area (Å²) in [7, 11) is 0. The van der Waals surface area contributed by atoms with E-state index < -0.39 is 22.7 Å². The third-order valence-corrected chi connectivity index (χ3v) is 5.96. The van der Waals surface area contributed by atoms with Gasteiger partial charge < -0.3 is 14.2 Å². The van der Waals surface area contributed by atoms with Gasteiger partial charge in [-0.25, -0.2) is 0 Å². The van der Waals surface area contributed by atoms with E-state index in [0.717, 1.165) is 0 Å². The van der Waals surface area contributed by atoms with Crippen molar-refractivity contribution in [2.24, 2.45) is 16.3 Å². The summed E-state index contributed by atoms with van der Waals surface area (Å²) in [5.41, 5.74) is 1.09. The lowest BCUT2D eigenvalue weighted by Gasteiger charge is -2.38. The molecule has 32 heavy (non-hydrogen) atoms. The molecule has 1 aliphatic carbocycles. The summed E-state index contributed by atoms with van der Waals surface area (Å²) in [4.78, 5) is 42.6. The van der Waals surface area contributed by atoms with Crippen molar-refractivity contribution in [1.82, 2.24) is 0 Å². The molecular weight excluding hydrogens is 416 g/mol. The maximum absolute atomic E-state index is 13.3. The maximum Gasteiger partial charge on any atom is 0.315 e. The summed E-state index contributed by atoms with van der Waals surface area (Å²) in [6.45, 7) is 9.07. The van der Waals surface area contributed by atoms with Gasteiger partial charge in [0, 0.05) is 34.9 Å². The van der Waals surface area contributed by atoms with Crippen LogP contribution in [0.4, 0.5) is 5.69 Å². The molecule has 0 aromatic heterocycles. The first kappa shape index (κ1) is 22.0. The Morgan fingerprint density at radius 2 is 1.91 bits per heavy atom. The van der Waals surface area contributed by atoms with Crippen LogP contribution in [0.3, 0.4) is 0 Å². The Hall–Kier alpha value is -3.23. The molecule has 3 aliphatic rings. The Balaban J connectivity index is 1.96. The second-order valence-electron chi connectivity index (χ2n) is 9.52. The molecule has 0 saturated heterocycles. The average Bonchev–Trinajstić information content (AvgIpc) is 3.11. The van der Waals surface area contributed by atoms with E-state index in [1.165, 1.54) is 12.1 Å². The zero-order valence-electron chi connectivity index (χ0n) is 18.8. The highest BCUT2D eigenvalue weighted by atomic mass is 16.7. The predicted octanol–water partition coefficient (Wildman–Crippen LogP) is 4.09. The van der Waals surface area contributed by atoms with Crippen LogP contribution < -0.4 is 9.47 Å². The molecule has 9 heteroatoms. The van der Waals surface area contributed by atoms with Crippen LogP contribution in [0.15, 0.2) is 28.4 Å². The van der Waals surface area contributed by atoms with Crippen molar-refractivity contribution in [1.29, 1.82) is 0 Å². The lowest BCUT2D eigenvalue weighted by Crippen LogP contribution is -2.40. The molecule has 4 rings (SSSR count). The molecule has 0 fully saturated rings. The maximum atomic E-state index is 13.3. The van der Waals surface area contributed by atoms with Crippen LogP contribution in [-0.2, 0) is 14.3 Å². The van der Waals surface area contributed by atoms with Crippen LogP contribution in [0.5, 0.6) is 11.5 Å². The quantitative estimate of drug-likeness (QED) is 0.391. The average molecular weight is 442 g/mol. The van der Waals surface area contributed by atoms with Crippen molar-refractivity contribution in [2.45, 2.75) is 59.5 Å². The Kier molecular flexibility index (Phi) is 5.30. The van der Waals surface area contributed by atoms with Gasteiger partial charge in [0.05, 0.1) is 17.1 Å². The number of nitro groups is 1. The van der Waals surface area contributed by atoms with Crippen molar-refractivity contribution in [3.05, 3.63) is 39.1 Å². The Morgan fingerprint density at radius 1 is 1.25 bits per heavy atom. The number of fused-ring (bicyclic) bond motifs is 1. The van der Waals surface area contributed by atoms with E-state index in [1.807, 2.05) is 13.8 Å². The van der Waals surface area contributed by atoms with Crippen molar-refractivity contribution < 1.29 is 28.7 Å². The molecule has 1 aromatic rings. The predicted molar refractivity (Wildman–Crippen MR) is 115 cm³/mol. The normalized spacial score (nSPS) is 23.7. The number of nitro benzene ring substituents is 1. The summed E-state index contributed by atoms with van der Waals surface area (Å²) < 4.78 is 16.3. The number of hydrogen-bond acceptors (Lipinski definition) is 8. The van der Waals surface area contributed by atoms with Gasteiger partial charge in [0.1, 0.15) is 5.92 Å². The van der Waals surface area contributed by atoms with Crippen molar-refractivity contribution >= 4 is 23.2 Å². The smallest absolute Gasteiger partial charge is 0.315 e. The number of ether oxygens (including phenoxy) is 3. The largest absolute Gasteiger partial charge is 0.462 e. The van der Waals surface area contributed by atoms with Crippen LogP contribution in [0.1, 0.15) is 58.9 Å². The van der Waals surface area contributed by atoms with Crippen molar-refractivity contribution in [2.75, 3.05) is 6.79 Å². The summed E-state index contributed by atoms with van der Waals surface area (Å²) in [6.07, 6.45) is 0.409. The van der Waals surface area contributed by atoms with Gasteiger partial charge in [-0.1, -0.05) is 13.8 Å². The van der Waals surface area contributed by atoms with Crippen LogP contribution >= 0.6 is 0 Å². The lowest BCUT2D eigenvalue weighted by molar-refractivity contribution is -0.385. The number of hydrogen-bond donors (Lipinski definition) is 0. The molecule has 0 saturated carbocycles. The monoisotopic (exact) mass is 442 g/mol. The number of carbonyl (C=O) groups excluding carboxylic acids is 2. The van der Waals surface area contributed by atoms with E-state index in [0.29, 0.717) is 29.2 Å². The molecule has 2 heterocycles. The number of aliphatic imine (C=N–C) groups is 1. The number of Topliss-reactive ketones (excluding diaryl/α,β-unsaturated/α-hetero) is 1. The molecule has 0 radical (unpaired) electrons. The van der Waals surface area contributed by atoms with Crippen LogP contribution in [0.2, 0.25) is 0 Å². The van der Waals surface area contributed by atoms with Gasteiger partial charge in [-0.3, -0.25) is 24.7 Å². The van der Waals surface area contributed by atoms with E-state index in [-0.39, 0.29) is 47.5 Å². The van der Waals surface area contributed by atoms with Crippen LogP contribution in [-0.4, -0.2) is 35.3 Å². The molecule has 1 unspecified atom stereocenters. The Labute approximate surface area is 185 Å². The van der Waals surface area contributed by atoms with Gasteiger partial charge in [0.15, 0.2) is 17.3 Å². The summed E-state index contributed by atoms with van der Waals surface area (Å²) >= 11 is 0. The first-order chi connectivity index (χ1) is 15.0. The summed E-state index contributed by atoms with van der Waals surface area (Å²) in [5.74, 6) is -1.98. The van der Waals surface area contributed by atoms with Crippen LogP contribution in [0, 0.1) is 21.4 Å². The summed E-state index contributed by atoms with van der Waals surface area (Å²) in [6, 6.07) is 2.80. The number of esters is 1. The second-order valence-corrected chi connectivity index (χ2v) is 9.52. The standard InChI is InChI=1S/C23H26N2O7/c1-11(2)32-22(27)19-12(3)24-14-8-23(4,5)9-16(26)21(14)20(19)13-6-17-18(31-10-30-17)7-15(13)25(28)29/h6-7,11,19-20H,8-10H2,1-5H3/t19?,20-/m1/s1. The van der Waals surface area contributed by atoms with Gasteiger partial charge in [0.25, 0.3) is 5.69 Å². The van der Waals surface area contributed by atoms with Gasteiger partial charge in [-0.2, -0.15) is 0 Å². The fourth-order valence-corrected chi connectivity index (χ4v) is 4.75. The molecule has 2 atom stereocenters. The number of benzene rings is 1. The molecule has 0 amide bonds. The van der Waals surface area contributed by atoms with Gasteiger partial charge in [0.2, 0.25) is 6.79 Å². The number of carbonyl (C=O) groups is 2. The highest BCUT2D eigenvalue weighted by molar-refractivity contribution is 6.09. The lowest BCUT2D eigenvalue weighted by atomic mass is 9.66. The third kappa shape index (κ3) is 3.76. The zero-order valence-corrected chi connectivity index (χ0v) is 18.8. The van der Waals surface area contributed by atoms with Crippen LogP contribution in [0.25, 0.3) is 0 Å². The minimum Gasteiger partial charge on any atom is -0.462 e. The molecule has 0 bridgehead atoms. The number of ketones is 1. The Morgan fingerprint density at radius 3 is 2.53 bits per heavy atom. The van der Waals surface area contributed by atoms with Crippen molar-refractivity contribution in [3.63, 3.8) is 0 Å². The SMILES string of the molecule is CC1=NC2=C(C(=O)CC(C)(C)C2)[C@H](c2cc3c(cc2[N+](=O)[O-])OCO3)C1C(=O)OC(C)C. The van der Waals surface area contributed by atoms with E-state index in [2.05, 4.69) is 4.99 Å². The van der Waals surface area contributed by atoms with E-state index >= 15 is 0 Å². The molecule has 2 aliphatic heterocycles. The first-order valence-corrected chi connectivity index (χ1v) is 10.6. The van der Waals surface area contributed by atoms with Crippen molar-refractivity contribution in [3.8, 4) is 11.5 Å². The van der Waals surface area contributed by atoms with E-state index in [1.54, 1.807) is 20.8 Å². The zero-order chi connectivity index (χ0) is 23.4. The first-order valence-electron chi connectivity index (χ1n) is 10.6. The minimum absolute atomic E-state index is 0.0546. The fraction of sp³-hybridized carbons (Fsp3) is 0.522. The minimum atomic E-state index is -0.958. The number of allylic oxidation sites excluding steroid dienone is 2. The molecular formula is C23H26N2O7. The highest BCUT2D eigenvalue weighted by Crippen LogP contribution is 2.51. The highest BCUT2D eigenvalue weighted by Gasteiger charge is 2.48. The fourth-order valence-electron chi connectivity index (χ4n) is 4.75. The van der Waals surface area contributed by atoms with Gasteiger partial charge in [-0.05, 0) is 38.7 Å². The van der Waals surface area contributed by atoms with Gasteiger partial charge >= 0.3 is 5.97 Å². The Bertz CT molecular complexity index is 1080. The molecule has 170 valence electrons. The van der Waals surface area contributed by atoms with E-state index in [4.69, 9.17) is 14.2 Å². The molecule has 0 spiro atoms. The second kappa shape index (κ2) is 7.72.